The first-order valence-electron chi connectivity index (χ1n) is 8.62. The van der Waals surface area contributed by atoms with Gasteiger partial charge in [0.15, 0.2) is 5.82 Å². The summed E-state index contributed by atoms with van der Waals surface area (Å²) in [6.45, 7) is 0.948. The lowest BCUT2D eigenvalue weighted by molar-refractivity contribution is -0.128. The second-order valence-corrected chi connectivity index (χ2v) is 6.49. The number of methoxy groups -OCH3 is 1. The zero-order valence-electron chi connectivity index (χ0n) is 14.8. The van der Waals surface area contributed by atoms with Crippen molar-refractivity contribution < 1.29 is 18.4 Å². The van der Waals surface area contributed by atoms with Crippen LogP contribution in [0.2, 0.25) is 0 Å². The van der Waals surface area contributed by atoms with Crippen LogP contribution in [0.15, 0.2) is 53.1 Å². The van der Waals surface area contributed by atoms with Gasteiger partial charge < -0.3 is 14.2 Å². The molecule has 1 aliphatic rings. The Morgan fingerprint density at radius 3 is 2.85 bits per heavy atom. The summed E-state index contributed by atoms with van der Waals surface area (Å²) in [5.74, 6) is 1.23. The molecule has 1 amide bonds. The van der Waals surface area contributed by atoms with Gasteiger partial charge in [-0.2, -0.15) is 4.98 Å². The van der Waals surface area contributed by atoms with Crippen molar-refractivity contribution in [3.8, 4) is 17.2 Å². The summed E-state index contributed by atoms with van der Waals surface area (Å²) in [6.07, 6.45) is 0.332. The number of carbonyl (C=O) groups excluding carboxylic acids is 1. The molecule has 3 aromatic rings. The van der Waals surface area contributed by atoms with Crippen LogP contribution in [0.3, 0.4) is 0 Å². The van der Waals surface area contributed by atoms with Crippen molar-refractivity contribution in [3.05, 3.63) is 65.7 Å². The van der Waals surface area contributed by atoms with E-state index in [0.717, 1.165) is 11.1 Å². The SMILES string of the molecule is COc1cccc(-c2nc(C3CC(=O)N(Cc4ccc(F)cc4)C3)no2)c1. The summed E-state index contributed by atoms with van der Waals surface area (Å²) >= 11 is 0. The number of benzene rings is 2. The van der Waals surface area contributed by atoms with Crippen LogP contribution in [-0.4, -0.2) is 34.6 Å². The first-order valence-corrected chi connectivity index (χ1v) is 8.62. The number of nitrogens with zero attached hydrogens (tertiary/aromatic N) is 3. The molecule has 0 aliphatic carbocycles. The summed E-state index contributed by atoms with van der Waals surface area (Å²) in [5.41, 5.74) is 1.65. The van der Waals surface area contributed by atoms with Gasteiger partial charge in [-0.05, 0) is 35.9 Å². The highest BCUT2D eigenvalue weighted by molar-refractivity contribution is 5.79. The Morgan fingerprint density at radius 1 is 1.26 bits per heavy atom. The molecule has 0 bridgehead atoms. The average molecular weight is 367 g/mol. The lowest BCUT2D eigenvalue weighted by Crippen LogP contribution is -2.24. The minimum atomic E-state index is -0.291. The fourth-order valence-corrected chi connectivity index (χ4v) is 3.18. The summed E-state index contributed by atoms with van der Waals surface area (Å²) in [5, 5.41) is 4.06. The molecule has 0 radical (unpaired) electrons. The van der Waals surface area contributed by atoms with Crippen LogP contribution < -0.4 is 4.74 Å². The maximum atomic E-state index is 13.0. The number of amides is 1. The van der Waals surface area contributed by atoms with E-state index >= 15 is 0 Å². The van der Waals surface area contributed by atoms with Gasteiger partial charge in [0.2, 0.25) is 5.91 Å². The van der Waals surface area contributed by atoms with E-state index in [2.05, 4.69) is 10.1 Å². The predicted octanol–water partition coefficient (Wildman–Crippen LogP) is 3.40. The Bertz CT molecular complexity index is 955. The number of likely N-dealkylation sites (tertiary alicyclic amines) is 1. The maximum Gasteiger partial charge on any atom is 0.258 e. The molecule has 27 heavy (non-hydrogen) atoms. The zero-order chi connectivity index (χ0) is 18.8. The summed E-state index contributed by atoms with van der Waals surface area (Å²) in [4.78, 5) is 18.5. The molecule has 2 heterocycles. The van der Waals surface area contributed by atoms with Gasteiger partial charge in [0.1, 0.15) is 11.6 Å². The normalized spacial score (nSPS) is 16.7. The van der Waals surface area contributed by atoms with E-state index in [-0.39, 0.29) is 17.6 Å². The van der Waals surface area contributed by atoms with Crippen LogP contribution in [0.1, 0.15) is 23.7 Å². The van der Waals surface area contributed by atoms with Crippen molar-refractivity contribution in [3.63, 3.8) is 0 Å². The second-order valence-electron chi connectivity index (χ2n) is 6.49. The van der Waals surface area contributed by atoms with Gasteiger partial charge in [0.25, 0.3) is 5.89 Å². The van der Waals surface area contributed by atoms with E-state index in [1.165, 1.54) is 12.1 Å². The molecule has 1 atom stereocenters. The third kappa shape index (κ3) is 3.67. The highest BCUT2D eigenvalue weighted by atomic mass is 19.1. The topological polar surface area (TPSA) is 68.5 Å². The Balaban J connectivity index is 1.47. The third-order valence-electron chi connectivity index (χ3n) is 4.62. The number of carbonyl (C=O) groups is 1. The van der Waals surface area contributed by atoms with E-state index in [4.69, 9.17) is 9.26 Å². The Morgan fingerprint density at radius 2 is 2.07 bits per heavy atom. The quantitative estimate of drug-likeness (QED) is 0.691. The Hall–Kier alpha value is -3.22. The number of aromatic nitrogens is 2. The molecule has 1 saturated heterocycles. The summed E-state index contributed by atoms with van der Waals surface area (Å²) < 4.78 is 23.6. The third-order valence-corrected chi connectivity index (χ3v) is 4.62. The highest BCUT2D eigenvalue weighted by Gasteiger charge is 2.33. The highest BCUT2D eigenvalue weighted by Crippen LogP contribution is 2.30. The summed E-state index contributed by atoms with van der Waals surface area (Å²) in [7, 11) is 1.60. The number of ether oxygens (including phenoxy) is 1. The van der Waals surface area contributed by atoms with Crippen LogP contribution in [-0.2, 0) is 11.3 Å². The number of halogens is 1. The number of hydrogen-bond acceptors (Lipinski definition) is 5. The van der Waals surface area contributed by atoms with Gasteiger partial charge >= 0.3 is 0 Å². The van der Waals surface area contributed by atoms with Gasteiger partial charge in [0, 0.05) is 31.0 Å². The van der Waals surface area contributed by atoms with Gasteiger partial charge in [-0.3, -0.25) is 4.79 Å². The fourth-order valence-electron chi connectivity index (χ4n) is 3.18. The van der Waals surface area contributed by atoms with Crippen molar-refractivity contribution in [2.24, 2.45) is 0 Å². The first kappa shape index (κ1) is 17.2. The molecule has 0 spiro atoms. The van der Waals surface area contributed by atoms with Crippen molar-refractivity contribution in [1.29, 1.82) is 0 Å². The minimum absolute atomic E-state index is 0.0251. The molecule has 1 aliphatic heterocycles. The van der Waals surface area contributed by atoms with Gasteiger partial charge in [0.05, 0.1) is 7.11 Å². The van der Waals surface area contributed by atoms with E-state index in [1.807, 2.05) is 24.3 Å². The molecule has 6 nitrogen and oxygen atoms in total. The molecule has 1 fully saturated rings. The van der Waals surface area contributed by atoms with Crippen LogP contribution in [0.5, 0.6) is 5.75 Å². The molecule has 0 saturated carbocycles. The maximum absolute atomic E-state index is 13.0. The van der Waals surface area contributed by atoms with Crippen molar-refractivity contribution in [1.82, 2.24) is 15.0 Å². The molecule has 138 valence electrons. The molecule has 1 unspecified atom stereocenters. The van der Waals surface area contributed by atoms with Gasteiger partial charge in [-0.1, -0.05) is 23.4 Å². The van der Waals surface area contributed by atoms with Gasteiger partial charge in [-0.25, -0.2) is 4.39 Å². The summed E-state index contributed by atoms with van der Waals surface area (Å²) in [6, 6.07) is 13.5. The van der Waals surface area contributed by atoms with E-state index in [0.29, 0.717) is 37.0 Å². The Labute approximate surface area is 155 Å². The largest absolute Gasteiger partial charge is 0.497 e. The Kier molecular flexibility index (Phi) is 4.58. The molecular weight excluding hydrogens is 349 g/mol. The van der Waals surface area contributed by atoms with Gasteiger partial charge in [-0.15, -0.1) is 0 Å². The minimum Gasteiger partial charge on any atom is -0.497 e. The van der Waals surface area contributed by atoms with E-state index < -0.39 is 0 Å². The lowest BCUT2D eigenvalue weighted by atomic mass is 10.1. The lowest BCUT2D eigenvalue weighted by Gasteiger charge is -2.16. The fraction of sp³-hybridized carbons (Fsp3) is 0.250. The predicted molar refractivity (Wildman–Crippen MR) is 95.5 cm³/mol. The molecule has 7 heteroatoms. The molecular formula is C20H18FN3O3. The number of hydrogen-bond donors (Lipinski definition) is 0. The standard InChI is InChI=1S/C20H18FN3O3/c1-26-17-4-2-3-14(9-17)20-22-19(23-27-20)15-10-18(25)24(12-15)11-13-5-7-16(21)8-6-13/h2-9,15H,10-12H2,1H3. The van der Waals surface area contributed by atoms with Crippen LogP contribution >= 0.6 is 0 Å². The molecule has 2 aromatic carbocycles. The van der Waals surface area contributed by atoms with Crippen LogP contribution in [0, 0.1) is 5.82 Å². The number of rotatable bonds is 5. The van der Waals surface area contributed by atoms with Crippen LogP contribution in [0.25, 0.3) is 11.5 Å². The monoisotopic (exact) mass is 367 g/mol. The molecule has 0 N–H and O–H groups in total. The zero-order valence-corrected chi connectivity index (χ0v) is 14.8. The van der Waals surface area contributed by atoms with E-state index in [1.54, 1.807) is 24.1 Å². The smallest absolute Gasteiger partial charge is 0.258 e. The second kappa shape index (κ2) is 7.19. The first-order chi connectivity index (χ1) is 13.1. The van der Waals surface area contributed by atoms with Crippen molar-refractivity contribution in [2.75, 3.05) is 13.7 Å². The van der Waals surface area contributed by atoms with E-state index in [9.17, 15) is 9.18 Å². The molecule has 4 rings (SSSR count). The molecule has 1 aromatic heterocycles. The van der Waals surface area contributed by atoms with Crippen molar-refractivity contribution >= 4 is 5.91 Å². The van der Waals surface area contributed by atoms with Crippen LogP contribution in [0.4, 0.5) is 4.39 Å². The van der Waals surface area contributed by atoms with Crippen molar-refractivity contribution in [2.45, 2.75) is 18.9 Å². The average Bonchev–Trinajstić information content (AvgIpc) is 3.31.